The number of carbonyl (C=O) groups is 1. The second-order valence-corrected chi connectivity index (χ2v) is 6.02. The number of nitrogens with one attached hydrogen (secondary N) is 1. The van der Waals surface area contributed by atoms with Crippen LogP contribution < -0.4 is 5.32 Å². The van der Waals surface area contributed by atoms with Gasteiger partial charge in [0.1, 0.15) is 0 Å². The lowest BCUT2D eigenvalue weighted by atomic mass is 9.97. The van der Waals surface area contributed by atoms with E-state index in [0.29, 0.717) is 12.3 Å². The van der Waals surface area contributed by atoms with Gasteiger partial charge in [-0.05, 0) is 49.2 Å². The minimum absolute atomic E-state index is 0.244. The van der Waals surface area contributed by atoms with E-state index in [-0.39, 0.29) is 6.04 Å². The normalized spacial score (nSPS) is 18.0. The fraction of sp³-hybridized carbons (Fsp3) is 0.421. The molecule has 1 aliphatic heterocycles. The van der Waals surface area contributed by atoms with Crippen molar-refractivity contribution in [2.24, 2.45) is 0 Å². The zero-order valence-corrected chi connectivity index (χ0v) is 13.2. The van der Waals surface area contributed by atoms with Crippen molar-refractivity contribution in [3.8, 4) is 0 Å². The summed E-state index contributed by atoms with van der Waals surface area (Å²) in [5.74, 6) is 0.297. The number of hydrogen-bond acceptors (Lipinski definition) is 2. The van der Waals surface area contributed by atoms with Crippen molar-refractivity contribution in [1.82, 2.24) is 10.2 Å². The van der Waals surface area contributed by atoms with Crippen LogP contribution in [-0.4, -0.2) is 30.9 Å². The topological polar surface area (TPSA) is 32.3 Å². The lowest BCUT2D eigenvalue weighted by Crippen LogP contribution is -2.31. The van der Waals surface area contributed by atoms with Gasteiger partial charge in [0.05, 0.1) is 6.04 Å². The molecule has 0 spiro atoms. The van der Waals surface area contributed by atoms with Crippen LogP contribution in [0, 0.1) is 0 Å². The fourth-order valence-electron chi connectivity index (χ4n) is 3.49. The van der Waals surface area contributed by atoms with E-state index in [0.717, 1.165) is 32.4 Å². The Labute approximate surface area is 132 Å². The highest BCUT2D eigenvalue weighted by atomic mass is 16.2. The zero-order valence-electron chi connectivity index (χ0n) is 13.2. The summed E-state index contributed by atoms with van der Waals surface area (Å²) in [4.78, 5) is 14.6. The Morgan fingerprint density at radius 1 is 1.23 bits per heavy atom. The van der Waals surface area contributed by atoms with Gasteiger partial charge in [-0.1, -0.05) is 42.5 Å². The maximum atomic E-state index is 12.5. The first-order valence-corrected chi connectivity index (χ1v) is 8.23. The van der Waals surface area contributed by atoms with Gasteiger partial charge in [-0.15, -0.1) is 0 Å². The molecule has 0 radical (unpaired) electrons. The zero-order chi connectivity index (χ0) is 15.4. The van der Waals surface area contributed by atoms with Gasteiger partial charge in [0.15, 0.2) is 0 Å². The standard InChI is InChI=1S/C19H24N2O/c1-20-13-5-12-19(22)21-14-6-11-18(21)17-10-4-8-15-7-2-3-9-16(15)17/h2-4,7-10,18,20H,5-6,11-14H2,1H3. The first-order valence-electron chi connectivity index (χ1n) is 8.23. The SMILES string of the molecule is CNCCCC(=O)N1CCCC1c1cccc2ccccc12. The largest absolute Gasteiger partial charge is 0.336 e. The summed E-state index contributed by atoms with van der Waals surface area (Å²) in [6.07, 6.45) is 3.73. The van der Waals surface area contributed by atoms with Crippen molar-refractivity contribution in [3.05, 3.63) is 48.0 Å². The third-order valence-electron chi connectivity index (χ3n) is 4.57. The van der Waals surface area contributed by atoms with E-state index < -0.39 is 0 Å². The van der Waals surface area contributed by atoms with Crippen molar-refractivity contribution < 1.29 is 4.79 Å². The van der Waals surface area contributed by atoms with Gasteiger partial charge in [-0.25, -0.2) is 0 Å². The molecule has 1 atom stereocenters. The predicted octanol–water partition coefficient (Wildman–Crippen LogP) is 3.50. The molecule has 1 saturated heterocycles. The van der Waals surface area contributed by atoms with Gasteiger partial charge in [0, 0.05) is 13.0 Å². The maximum Gasteiger partial charge on any atom is 0.223 e. The highest BCUT2D eigenvalue weighted by Crippen LogP contribution is 2.36. The second-order valence-electron chi connectivity index (χ2n) is 6.02. The molecular weight excluding hydrogens is 272 g/mol. The van der Waals surface area contributed by atoms with Crippen molar-refractivity contribution in [2.45, 2.75) is 31.7 Å². The summed E-state index contributed by atoms with van der Waals surface area (Å²) in [7, 11) is 1.93. The molecule has 22 heavy (non-hydrogen) atoms. The molecule has 1 amide bonds. The van der Waals surface area contributed by atoms with Gasteiger partial charge in [0.25, 0.3) is 0 Å². The predicted molar refractivity (Wildman–Crippen MR) is 90.8 cm³/mol. The molecule has 2 aromatic rings. The Hall–Kier alpha value is -1.87. The number of benzene rings is 2. The Morgan fingerprint density at radius 3 is 2.91 bits per heavy atom. The minimum Gasteiger partial charge on any atom is -0.336 e. The number of amides is 1. The van der Waals surface area contributed by atoms with Crippen molar-refractivity contribution in [3.63, 3.8) is 0 Å². The van der Waals surface area contributed by atoms with E-state index in [4.69, 9.17) is 0 Å². The lowest BCUT2D eigenvalue weighted by molar-refractivity contribution is -0.132. The van der Waals surface area contributed by atoms with Crippen molar-refractivity contribution in [2.75, 3.05) is 20.1 Å². The van der Waals surface area contributed by atoms with Gasteiger partial charge >= 0.3 is 0 Å². The van der Waals surface area contributed by atoms with E-state index in [1.807, 2.05) is 7.05 Å². The smallest absolute Gasteiger partial charge is 0.223 e. The van der Waals surface area contributed by atoms with E-state index in [1.165, 1.54) is 16.3 Å². The molecule has 1 fully saturated rings. The molecule has 3 heteroatoms. The molecule has 1 unspecified atom stereocenters. The number of carbonyl (C=O) groups excluding carboxylic acids is 1. The first kappa shape index (κ1) is 15.0. The minimum atomic E-state index is 0.244. The number of fused-ring (bicyclic) bond motifs is 1. The van der Waals surface area contributed by atoms with E-state index in [2.05, 4.69) is 52.7 Å². The average Bonchev–Trinajstić information content (AvgIpc) is 3.04. The summed E-state index contributed by atoms with van der Waals surface area (Å²) in [6.45, 7) is 1.80. The maximum absolute atomic E-state index is 12.5. The van der Waals surface area contributed by atoms with Crippen LogP contribution in [0.5, 0.6) is 0 Å². The molecule has 0 aromatic heterocycles. The number of likely N-dealkylation sites (tertiary alicyclic amines) is 1. The van der Waals surface area contributed by atoms with Crippen LogP contribution >= 0.6 is 0 Å². The third-order valence-corrected chi connectivity index (χ3v) is 4.57. The van der Waals surface area contributed by atoms with E-state index >= 15 is 0 Å². The van der Waals surface area contributed by atoms with Crippen LogP contribution in [-0.2, 0) is 4.79 Å². The number of nitrogens with zero attached hydrogens (tertiary/aromatic N) is 1. The van der Waals surface area contributed by atoms with Crippen LogP contribution in [0.3, 0.4) is 0 Å². The molecule has 1 aliphatic rings. The fourth-order valence-corrected chi connectivity index (χ4v) is 3.49. The molecule has 1 N–H and O–H groups in total. The molecule has 0 bridgehead atoms. The molecule has 0 saturated carbocycles. The molecule has 3 rings (SSSR count). The van der Waals surface area contributed by atoms with Crippen LogP contribution in [0.4, 0.5) is 0 Å². The Morgan fingerprint density at radius 2 is 2.05 bits per heavy atom. The third kappa shape index (κ3) is 3.00. The van der Waals surface area contributed by atoms with Gasteiger partial charge < -0.3 is 10.2 Å². The Kier molecular flexibility index (Phi) is 4.74. The number of rotatable bonds is 5. The van der Waals surface area contributed by atoms with Crippen molar-refractivity contribution >= 4 is 16.7 Å². The summed E-state index contributed by atoms with van der Waals surface area (Å²) in [6, 6.07) is 15.2. The van der Waals surface area contributed by atoms with Crippen LogP contribution in [0.1, 0.15) is 37.3 Å². The van der Waals surface area contributed by atoms with E-state index in [1.54, 1.807) is 0 Å². The molecule has 1 heterocycles. The number of hydrogen-bond donors (Lipinski definition) is 1. The summed E-state index contributed by atoms with van der Waals surface area (Å²) >= 11 is 0. The highest BCUT2D eigenvalue weighted by molar-refractivity contribution is 5.87. The van der Waals surface area contributed by atoms with Crippen molar-refractivity contribution in [1.29, 1.82) is 0 Å². The van der Waals surface area contributed by atoms with Gasteiger partial charge in [-0.3, -0.25) is 4.79 Å². The van der Waals surface area contributed by atoms with Crippen LogP contribution in [0.15, 0.2) is 42.5 Å². The quantitative estimate of drug-likeness (QED) is 0.856. The highest BCUT2D eigenvalue weighted by Gasteiger charge is 2.30. The van der Waals surface area contributed by atoms with Gasteiger partial charge in [0.2, 0.25) is 5.91 Å². The first-order chi connectivity index (χ1) is 10.8. The monoisotopic (exact) mass is 296 g/mol. The molecule has 2 aromatic carbocycles. The molecule has 116 valence electrons. The molecular formula is C19H24N2O. The van der Waals surface area contributed by atoms with Gasteiger partial charge in [-0.2, -0.15) is 0 Å². The Balaban J connectivity index is 1.84. The average molecular weight is 296 g/mol. The second kappa shape index (κ2) is 6.93. The van der Waals surface area contributed by atoms with E-state index in [9.17, 15) is 4.79 Å². The molecule has 0 aliphatic carbocycles. The lowest BCUT2D eigenvalue weighted by Gasteiger charge is -2.26. The van der Waals surface area contributed by atoms with Crippen LogP contribution in [0.2, 0.25) is 0 Å². The summed E-state index contributed by atoms with van der Waals surface area (Å²) in [5.41, 5.74) is 1.30. The summed E-state index contributed by atoms with van der Waals surface area (Å²) < 4.78 is 0. The van der Waals surface area contributed by atoms with Crippen LogP contribution in [0.25, 0.3) is 10.8 Å². The Bertz CT molecular complexity index is 647. The molecule has 3 nitrogen and oxygen atoms in total. The summed E-state index contributed by atoms with van der Waals surface area (Å²) in [5, 5.41) is 5.65.